The van der Waals surface area contributed by atoms with Crippen LogP contribution in [0, 0.1) is 17.8 Å². The van der Waals surface area contributed by atoms with Crippen molar-refractivity contribution in [3.63, 3.8) is 0 Å². The van der Waals surface area contributed by atoms with E-state index in [-0.39, 0.29) is 36.4 Å². The van der Waals surface area contributed by atoms with E-state index in [1.807, 2.05) is 38.1 Å². The number of rotatable bonds is 22. The van der Waals surface area contributed by atoms with E-state index in [1.54, 1.807) is 7.11 Å². The van der Waals surface area contributed by atoms with Crippen molar-refractivity contribution in [2.75, 3.05) is 20.3 Å². The molecule has 4 atom stereocenters. The molecule has 1 aromatic rings. The van der Waals surface area contributed by atoms with Gasteiger partial charge in [0.2, 0.25) is 5.78 Å². The number of carbonyl (C=O) groups excluding carboxylic acids is 1. The molecular weight excluding hydrogens is 637 g/mol. The smallest absolute Gasteiger partial charge is 0.208 e. The Kier molecular flexibility index (Phi) is 18.4. The second-order valence-corrected chi connectivity index (χ2v) is 23.4. The quantitative estimate of drug-likeness (QED) is 0.0516. The molecule has 0 aliphatic carbocycles. The predicted octanol–water partition coefficient (Wildman–Crippen LogP) is 9.47. The second kappa shape index (κ2) is 20.8. The lowest BCUT2D eigenvalue weighted by atomic mass is 9.97. The maximum Gasteiger partial charge on any atom is 0.208 e. The van der Waals surface area contributed by atoms with Crippen molar-refractivity contribution in [1.29, 1.82) is 0 Å². The van der Waals surface area contributed by atoms with Gasteiger partial charge in [-0.2, -0.15) is 0 Å². The van der Waals surface area contributed by atoms with Crippen molar-refractivity contribution in [2.24, 2.45) is 5.92 Å². The van der Waals surface area contributed by atoms with Gasteiger partial charge in [-0.15, -0.1) is 0 Å². The van der Waals surface area contributed by atoms with Crippen LogP contribution in [0.5, 0.6) is 5.75 Å². The Morgan fingerprint density at radius 3 is 2.10 bits per heavy atom. The van der Waals surface area contributed by atoms with Crippen molar-refractivity contribution in [2.45, 2.75) is 155 Å². The third-order valence-electron chi connectivity index (χ3n) is 10.2. The predicted molar refractivity (Wildman–Crippen MR) is 201 cm³/mol. The van der Waals surface area contributed by atoms with E-state index in [9.17, 15) is 4.79 Å². The highest BCUT2D eigenvalue weighted by molar-refractivity contribution is 6.74. The zero-order valence-electron chi connectivity index (χ0n) is 31.9. The number of benzene rings is 1. The van der Waals surface area contributed by atoms with Gasteiger partial charge in [-0.1, -0.05) is 78.7 Å². The highest BCUT2D eigenvalue weighted by Crippen LogP contribution is 2.31. The highest BCUT2D eigenvalue weighted by Gasteiger charge is 2.37. The molecule has 1 aliphatic rings. The molecule has 1 fully saturated rings. The van der Waals surface area contributed by atoms with Gasteiger partial charge in [0.25, 0.3) is 0 Å². The molecule has 48 heavy (non-hydrogen) atoms. The zero-order valence-corrected chi connectivity index (χ0v) is 33.9. The van der Waals surface area contributed by atoms with Crippen LogP contribution in [-0.4, -0.2) is 66.8 Å². The molecule has 1 heterocycles. The first kappa shape index (κ1) is 42.4. The second-order valence-electron chi connectivity index (χ2n) is 13.9. The van der Waals surface area contributed by atoms with E-state index >= 15 is 0 Å². The average molecular weight is 703 g/mol. The molecule has 7 nitrogen and oxygen atoms in total. The zero-order chi connectivity index (χ0) is 35.8. The number of Topliss-reactive ketones (excluding diaryl/α,β-unsaturated/α-hetero) is 1. The molecule has 0 aromatic heterocycles. The molecule has 1 saturated heterocycles. The number of methoxy groups -OCH3 is 1. The summed E-state index contributed by atoms with van der Waals surface area (Å²) >= 11 is 0. The molecule has 2 rings (SSSR count). The highest BCUT2D eigenvalue weighted by atomic mass is 28.4. The minimum atomic E-state index is -1.89. The van der Waals surface area contributed by atoms with E-state index in [2.05, 4.69) is 66.9 Å². The van der Waals surface area contributed by atoms with Gasteiger partial charge in [0.1, 0.15) is 5.75 Å². The summed E-state index contributed by atoms with van der Waals surface area (Å²) in [7, 11) is -1.90. The summed E-state index contributed by atoms with van der Waals surface area (Å²) in [6, 6.07) is 14.4. The summed E-state index contributed by atoms with van der Waals surface area (Å²) in [5.74, 6) is 6.24. The number of ketones is 1. The number of carbonyl (C=O) groups is 1. The van der Waals surface area contributed by atoms with Crippen molar-refractivity contribution in [3.05, 3.63) is 42.0 Å². The molecule has 0 N–H and O–H groups in total. The van der Waals surface area contributed by atoms with Gasteiger partial charge in [-0.3, -0.25) is 4.79 Å². The van der Waals surface area contributed by atoms with Crippen molar-refractivity contribution >= 4 is 22.4 Å². The normalized spacial score (nSPS) is 19.2. The first-order valence-corrected chi connectivity index (χ1v) is 23.4. The molecule has 1 unspecified atom stereocenters. The van der Waals surface area contributed by atoms with Crippen LogP contribution < -0.4 is 4.74 Å². The van der Waals surface area contributed by atoms with Gasteiger partial charge >= 0.3 is 0 Å². The Morgan fingerprint density at radius 1 is 0.958 bits per heavy atom. The fraction of sp³-hybridized carbons (Fsp3) is 0.718. The van der Waals surface area contributed by atoms with E-state index in [1.165, 1.54) is 0 Å². The Labute approximate surface area is 295 Å². The van der Waals surface area contributed by atoms with Crippen molar-refractivity contribution in [1.82, 2.24) is 0 Å². The molecule has 1 aromatic carbocycles. The van der Waals surface area contributed by atoms with Crippen LogP contribution in [-0.2, 0) is 34.5 Å². The van der Waals surface area contributed by atoms with E-state index in [0.29, 0.717) is 32.7 Å². The van der Waals surface area contributed by atoms with Crippen molar-refractivity contribution in [3.8, 4) is 17.6 Å². The first-order valence-electron chi connectivity index (χ1n) is 18.4. The summed E-state index contributed by atoms with van der Waals surface area (Å²) in [6.07, 6.45) is 1.48. The van der Waals surface area contributed by atoms with Crippen LogP contribution in [0.25, 0.3) is 0 Å². The Balaban J connectivity index is 2.01. The lowest BCUT2D eigenvalue weighted by molar-refractivity contribution is -0.305. The van der Waals surface area contributed by atoms with Crippen LogP contribution in [0.3, 0.4) is 0 Å². The van der Waals surface area contributed by atoms with Crippen LogP contribution in [0.15, 0.2) is 36.4 Å². The molecule has 0 amide bonds. The maximum absolute atomic E-state index is 13.1. The summed E-state index contributed by atoms with van der Waals surface area (Å²) in [5.41, 5.74) is 2.20. The van der Waals surface area contributed by atoms with Gasteiger partial charge in [0.05, 0.1) is 38.6 Å². The summed E-state index contributed by atoms with van der Waals surface area (Å²) in [4.78, 5) is 13.1. The Morgan fingerprint density at radius 2 is 1.54 bits per heavy atom. The van der Waals surface area contributed by atoms with Crippen LogP contribution in [0.1, 0.15) is 93.6 Å². The van der Waals surface area contributed by atoms with Gasteiger partial charge < -0.3 is 27.8 Å². The minimum absolute atomic E-state index is 0.0808. The molecule has 0 bridgehead atoms. The fourth-order valence-electron chi connectivity index (χ4n) is 6.48. The van der Waals surface area contributed by atoms with E-state index in [0.717, 1.165) is 59.6 Å². The monoisotopic (exact) mass is 702 g/mol. The summed E-state index contributed by atoms with van der Waals surface area (Å²) in [6.45, 7) is 25.6. The fourth-order valence-corrected chi connectivity index (χ4v) is 12.1. The lowest BCUT2D eigenvalue weighted by Gasteiger charge is -2.40. The molecule has 1 aliphatic heterocycles. The van der Waals surface area contributed by atoms with Crippen LogP contribution in [0.2, 0.25) is 36.3 Å². The summed E-state index contributed by atoms with van der Waals surface area (Å²) < 4.78 is 37.0. The van der Waals surface area contributed by atoms with E-state index in [4.69, 9.17) is 27.8 Å². The summed E-state index contributed by atoms with van der Waals surface area (Å²) in [5, 5.41) is 0. The van der Waals surface area contributed by atoms with Gasteiger partial charge in [0.15, 0.2) is 22.4 Å². The van der Waals surface area contributed by atoms with E-state index < -0.39 is 22.4 Å². The average Bonchev–Trinajstić information content (AvgIpc) is 3.07. The molecular formula is C39H66O7Si2. The molecule has 9 heteroatoms. The minimum Gasteiger partial charge on any atom is -0.497 e. The molecule has 0 radical (unpaired) electrons. The van der Waals surface area contributed by atoms with Gasteiger partial charge in [-0.05, 0) is 86.1 Å². The van der Waals surface area contributed by atoms with Gasteiger partial charge in [0, 0.05) is 25.9 Å². The SMILES string of the molecule is C=C(CC(CC#CC(=O)C[C@@H]1C[C@H](COCc2ccc(OC)cc2)OC(C)(C)O1)O[Si](CC)(CC)CC)[C@@H](C)CO[Si](CC)(CC)CC. The number of ether oxygens (including phenoxy) is 4. The van der Waals surface area contributed by atoms with Crippen LogP contribution >= 0.6 is 0 Å². The molecule has 272 valence electrons. The van der Waals surface area contributed by atoms with Crippen molar-refractivity contribution < 1.29 is 32.6 Å². The number of hydrogen-bond donors (Lipinski definition) is 0. The third kappa shape index (κ3) is 13.9. The molecule has 0 saturated carbocycles. The van der Waals surface area contributed by atoms with Crippen LogP contribution in [0.4, 0.5) is 0 Å². The third-order valence-corrected chi connectivity index (χ3v) is 19.6. The Hall–Kier alpha value is -1.78. The van der Waals surface area contributed by atoms with Gasteiger partial charge in [-0.25, -0.2) is 0 Å². The first-order chi connectivity index (χ1) is 22.8. The molecule has 0 spiro atoms. The number of hydrogen-bond acceptors (Lipinski definition) is 7. The lowest BCUT2D eigenvalue weighted by Crippen LogP contribution is -2.46. The maximum atomic E-state index is 13.1. The Bertz CT molecular complexity index is 1150. The standard InChI is InChI=1S/C39H66O7Si2/c1-12-47(13-2,14-3)43-28-32(8)31(7)25-36(46-48(15-4,16-5)17-6)20-18-19-34(40)26-37-27-38(45-39(9,10)44-37)30-42-29-33-21-23-35(41-11)24-22-33/h21-24,32,36-38H,7,12-17,20,25-30H2,1-6,8-11H3/t32-,36?,37+,38+/m0/s1. The largest absolute Gasteiger partial charge is 0.497 e. The topological polar surface area (TPSA) is 72.5 Å².